The molecule has 0 fully saturated rings. The molecule has 21 heavy (non-hydrogen) atoms. The van der Waals surface area contributed by atoms with Crippen LogP contribution in [0.1, 0.15) is 19.1 Å². The van der Waals surface area contributed by atoms with Gasteiger partial charge in [-0.2, -0.15) is 0 Å². The van der Waals surface area contributed by atoms with Crippen LogP contribution in [0.4, 0.5) is 0 Å². The maximum atomic E-state index is 5.41. The molecule has 2 aromatic heterocycles. The zero-order valence-electron chi connectivity index (χ0n) is 12.1. The maximum absolute atomic E-state index is 5.41. The molecule has 0 aliphatic carbocycles. The van der Waals surface area contributed by atoms with E-state index in [1.165, 1.54) is 0 Å². The van der Waals surface area contributed by atoms with E-state index < -0.39 is 0 Å². The summed E-state index contributed by atoms with van der Waals surface area (Å²) < 4.78 is 7.51. The van der Waals surface area contributed by atoms with Crippen LogP contribution >= 0.6 is 11.8 Å². The molecule has 0 aliphatic rings. The largest absolute Gasteiger partial charge is 0.469 e. The van der Waals surface area contributed by atoms with Crippen molar-refractivity contribution in [3.05, 3.63) is 48.4 Å². The van der Waals surface area contributed by atoms with Gasteiger partial charge in [0, 0.05) is 11.4 Å². The Morgan fingerprint density at radius 3 is 2.62 bits per heavy atom. The molecule has 4 nitrogen and oxygen atoms in total. The molecule has 0 saturated carbocycles. The Morgan fingerprint density at radius 2 is 1.95 bits per heavy atom. The van der Waals surface area contributed by atoms with Crippen LogP contribution < -0.4 is 0 Å². The van der Waals surface area contributed by atoms with Crippen LogP contribution in [0.25, 0.3) is 17.1 Å². The van der Waals surface area contributed by atoms with E-state index in [0.717, 1.165) is 40.2 Å². The van der Waals surface area contributed by atoms with Gasteiger partial charge < -0.3 is 4.42 Å². The third-order valence-corrected chi connectivity index (χ3v) is 4.32. The van der Waals surface area contributed by atoms with Gasteiger partial charge in [-0.25, -0.2) is 0 Å². The average molecular weight is 299 g/mol. The van der Waals surface area contributed by atoms with Crippen molar-refractivity contribution in [2.24, 2.45) is 0 Å². The number of hydrogen-bond donors (Lipinski definition) is 0. The predicted molar refractivity (Wildman–Crippen MR) is 84.8 cm³/mol. The third-order valence-electron chi connectivity index (χ3n) is 3.18. The highest BCUT2D eigenvalue weighted by atomic mass is 32.2. The van der Waals surface area contributed by atoms with E-state index in [2.05, 4.69) is 33.8 Å². The van der Waals surface area contributed by atoms with Gasteiger partial charge in [0.25, 0.3) is 0 Å². The van der Waals surface area contributed by atoms with E-state index in [1.807, 2.05) is 31.2 Å². The minimum atomic E-state index is 0.825. The van der Waals surface area contributed by atoms with Crippen LogP contribution in [0.2, 0.25) is 0 Å². The van der Waals surface area contributed by atoms with Crippen molar-refractivity contribution in [2.75, 3.05) is 5.75 Å². The summed E-state index contributed by atoms with van der Waals surface area (Å²) in [4.78, 5) is 0. The molecule has 2 heterocycles. The molecule has 5 heteroatoms. The third kappa shape index (κ3) is 2.74. The van der Waals surface area contributed by atoms with Gasteiger partial charge in [-0.3, -0.25) is 4.57 Å². The van der Waals surface area contributed by atoms with Gasteiger partial charge in [0.2, 0.25) is 0 Å². The molecule has 0 amide bonds. The highest BCUT2D eigenvalue weighted by molar-refractivity contribution is 7.99. The number of hydrogen-bond acceptors (Lipinski definition) is 4. The Morgan fingerprint density at radius 1 is 1.14 bits per heavy atom. The molecule has 1 aromatic carbocycles. The van der Waals surface area contributed by atoms with Gasteiger partial charge in [-0.1, -0.05) is 36.9 Å². The first kappa shape index (κ1) is 13.9. The molecule has 0 aliphatic heterocycles. The monoisotopic (exact) mass is 299 g/mol. The normalized spacial score (nSPS) is 11.0. The second-order valence-corrected chi connectivity index (χ2v) is 5.78. The van der Waals surface area contributed by atoms with Gasteiger partial charge in [-0.05, 0) is 31.5 Å². The van der Waals surface area contributed by atoms with Crippen molar-refractivity contribution in [3.8, 4) is 17.1 Å². The van der Waals surface area contributed by atoms with Crippen LogP contribution in [0.3, 0.4) is 0 Å². The lowest BCUT2D eigenvalue weighted by Gasteiger charge is -2.09. The fourth-order valence-electron chi connectivity index (χ4n) is 2.16. The van der Waals surface area contributed by atoms with Crippen LogP contribution in [0, 0.1) is 6.92 Å². The first-order chi connectivity index (χ1) is 10.3. The topological polar surface area (TPSA) is 43.9 Å². The lowest BCUT2D eigenvalue weighted by atomic mass is 10.2. The van der Waals surface area contributed by atoms with E-state index >= 15 is 0 Å². The van der Waals surface area contributed by atoms with Gasteiger partial charge in [0.15, 0.2) is 11.0 Å². The summed E-state index contributed by atoms with van der Waals surface area (Å²) >= 11 is 1.72. The van der Waals surface area contributed by atoms with Crippen molar-refractivity contribution >= 4 is 11.8 Å². The molecule has 0 saturated heterocycles. The number of furan rings is 1. The molecular weight excluding hydrogens is 282 g/mol. The Labute approximate surface area is 128 Å². The summed E-state index contributed by atoms with van der Waals surface area (Å²) in [5.74, 6) is 2.70. The molecule has 0 spiro atoms. The maximum Gasteiger partial charge on any atom is 0.196 e. The SMILES string of the molecule is CCCSc1nnc(-c2ccoc2C)n1-c1ccccc1. The van der Waals surface area contributed by atoms with Crippen molar-refractivity contribution in [1.82, 2.24) is 14.8 Å². The minimum absolute atomic E-state index is 0.825. The molecule has 0 radical (unpaired) electrons. The van der Waals surface area contributed by atoms with Gasteiger partial charge in [0.1, 0.15) is 5.76 Å². The second kappa shape index (κ2) is 6.18. The van der Waals surface area contributed by atoms with Crippen molar-refractivity contribution in [1.29, 1.82) is 0 Å². The average Bonchev–Trinajstić information content (AvgIpc) is 3.11. The molecule has 0 atom stereocenters. The molecule has 0 N–H and O–H groups in total. The quantitative estimate of drug-likeness (QED) is 0.657. The standard InChI is InChI=1S/C16H17N3OS/c1-3-11-21-16-18-17-15(14-9-10-20-12(14)2)19(16)13-7-5-4-6-8-13/h4-10H,3,11H2,1-2H3. The van der Waals surface area contributed by atoms with Crippen molar-refractivity contribution < 1.29 is 4.42 Å². The zero-order valence-corrected chi connectivity index (χ0v) is 12.9. The molecule has 3 aromatic rings. The summed E-state index contributed by atoms with van der Waals surface area (Å²) in [5.41, 5.74) is 2.05. The lowest BCUT2D eigenvalue weighted by Crippen LogP contribution is -1.99. The van der Waals surface area contributed by atoms with Gasteiger partial charge in [-0.15, -0.1) is 10.2 Å². The zero-order chi connectivity index (χ0) is 14.7. The van der Waals surface area contributed by atoms with Crippen LogP contribution in [-0.2, 0) is 0 Å². The number of aryl methyl sites for hydroxylation is 1. The van der Waals surface area contributed by atoms with Gasteiger partial charge in [0.05, 0.1) is 11.8 Å². The molecule has 0 bridgehead atoms. The van der Waals surface area contributed by atoms with Crippen LogP contribution in [-0.4, -0.2) is 20.5 Å². The van der Waals surface area contributed by atoms with E-state index in [9.17, 15) is 0 Å². The van der Waals surface area contributed by atoms with E-state index in [0.29, 0.717) is 0 Å². The number of benzene rings is 1. The molecule has 108 valence electrons. The smallest absolute Gasteiger partial charge is 0.196 e. The minimum Gasteiger partial charge on any atom is -0.469 e. The Hall–Kier alpha value is -2.01. The van der Waals surface area contributed by atoms with Crippen LogP contribution in [0.15, 0.2) is 52.2 Å². The summed E-state index contributed by atoms with van der Waals surface area (Å²) in [6, 6.07) is 12.1. The first-order valence-corrected chi connectivity index (χ1v) is 7.98. The summed E-state index contributed by atoms with van der Waals surface area (Å²) in [5, 5.41) is 9.66. The highest BCUT2D eigenvalue weighted by Gasteiger charge is 2.18. The van der Waals surface area contributed by atoms with Crippen molar-refractivity contribution in [3.63, 3.8) is 0 Å². The number of aromatic nitrogens is 3. The summed E-state index contributed by atoms with van der Waals surface area (Å²) in [6.45, 7) is 4.11. The van der Waals surface area contributed by atoms with E-state index in [-0.39, 0.29) is 0 Å². The fraction of sp³-hybridized carbons (Fsp3) is 0.250. The fourth-order valence-corrected chi connectivity index (χ4v) is 2.96. The highest BCUT2D eigenvalue weighted by Crippen LogP contribution is 2.30. The van der Waals surface area contributed by atoms with E-state index in [1.54, 1.807) is 18.0 Å². The first-order valence-electron chi connectivity index (χ1n) is 6.99. The van der Waals surface area contributed by atoms with Gasteiger partial charge >= 0.3 is 0 Å². The molecular formula is C16H17N3OS. The Balaban J connectivity index is 2.13. The van der Waals surface area contributed by atoms with E-state index in [4.69, 9.17) is 4.42 Å². The van der Waals surface area contributed by atoms with Crippen LogP contribution in [0.5, 0.6) is 0 Å². The number of nitrogens with zero attached hydrogens (tertiary/aromatic N) is 3. The molecule has 0 unspecified atom stereocenters. The Bertz CT molecular complexity index is 718. The Kier molecular flexibility index (Phi) is 4.10. The number of para-hydroxylation sites is 1. The van der Waals surface area contributed by atoms with Crippen molar-refractivity contribution in [2.45, 2.75) is 25.4 Å². The second-order valence-electron chi connectivity index (χ2n) is 4.72. The summed E-state index contributed by atoms with van der Waals surface area (Å²) in [6.07, 6.45) is 2.79. The lowest BCUT2D eigenvalue weighted by molar-refractivity contribution is 0.535. The summed E-state index contributed by atoms with van der Waals surface area (Å²) in [7, 11) is 0. The molecule has 3 rings (SSSR count). The number of rotatable bonds is 5. The number of thioether (sulfide) groups is 1. The predicted octanol–water partition coefficient (Wildman–Crippen LogP) is 4.34.